The number of urea groups is 1. The molecule has 4 atom stereocenters. The van der Waals surface area contributed by atoms with Crippen LogP contribution >= 0.6 is 11.6 Å². The van der Waals surface area contributed by atoms with Crippen molar-refractivity contribution in [1.82, 2.24) is 24.9 Å². The van der Waals surface area contributed by atoms with E-state index in [2.05, 4.69) is 46.3 Å². The molecule has 3 fully saturated rings. The first-order valence-corrected chi connectivity index (χ1v) is 11.9. The van der Waals surface area contributed by atoms with Crippen LogP contribution in [0.4, 0.5) is 4.79 Å². The Morgan fingerprint density at radius 2 is 1.79 bits per heavy atom. The number of hydrogen-bond acceptors (Lipinski definition) is 5. The predicted octanol–water partition coefficient (Wildman–Crippen LogP) is 2.81. The summed E-state index contributed by atoms with van der Waals surface area (Å²) < 4.78 is 0. The van der Waals surface area contributed by atoms with Crippen molar-refractivity contribution >= 4 is 23.5 Å². The minimum absolute atomic E-state index is 0.0646. The van der Waals surface area contributed by atoms with Crippen LogP contribution in [0.1, 0.15) is 18.1 Å². The highest BCUT2D eigenvalue weighted by Crippen LogP contribution is 2.32. The number of amides is 3. The van der Waals surface area contributed by atoms with E-state index in [-0.39, 0.29) is 30.9 Å². The van der Waals surface area contributed by atoms with Gasteiger partial charge in [-0.1, -0.05) is 61.0 Å². The van der Waals surface area contributed by atoms with Crippen molar-refractivity contribution in [2.75, 3.05) is 26.7 Å². The summed E-state index contributed by atoms with van der Waals surface area (Å²) in [6.07, 6.45) is 0.541. The summed E-state index contributed by atoms with van der Waals surface area (Å²) in [5.74, 6) is 0.282. The molecule has 0 bridgehead atoms. The number of likely N-dealkylation sites (N-methyl/N-ethyl adjacent to an activating group) is 1. The van der Waals surface area contributed by atoms with Gasteiger partial charge in [-0.05, 0) is 35.6 Å². The Morgan fingerprint density at radius 3 is 2.55 bits per heavy atom. The zero-order chi connectivity index (χ0) is 23.1. The Kier molecular flexibility index (Phi) is 6.14. The van der Waals surface area contributed by atoms with E-state index in [4.69, 9.17) is 11.6 Å². The molecule has 2 aromatic rings. The number of hydrogen-bond donors (Lipinski definition) is 1. The van der Waals surface area contributed by atoms with Crippen LogP contribution in [0.2, 0.25) is 5.02 Å². The van der Waals surface area contributed by atoms with Gasteiger partial charge in [-0.25, -0.2) is 4.79 Å². The summed E-state index contributed by atoms with van der Waals surface area (Å²) in [6, 6.07) is 17.1. The smallest absolute Gasteiger partial charge is 0.310 e. The number of nitrogens with zero attached hydrogens (tertiary/aromatic N) is 4. The summed E-state index contributed by atoms with van der Waals surface area (Å²) >= 11 is 6.13. The standard InChI is InChI=1S/C25H30ClN5O2/c1-17-14-29(12-11-18-7-4-3-5-8-18)24-27-22-21(30(24)15-17)23(32)31(25(33)28(22)2)16-19-9-6-10-20(26)13-19/h3-10,13,17,21-22,24,27H,11-12,14-16H2,1-2H3. The topological polar surface area (TPSA) is 59.1 Å². The Balaban J connectivity index is 1.36. The Morgan fingerprint density at radius 1 is 1.03 bits per heavy atom. The third-order valence-electron chi connectivity index (χ3n) is 6.93. The third kappa shape index (κ3) is 4.26. The van der Waals surface area contributed by atoms with Gasteiger partial charge in [-0.15, -0.1) is 0 Å². The molecule has 0 aromatic heterocycles. The average molecular weight is 468 g/mol. The van der Waals surface area contributed by atoms with Gasteiger partial charge in [-0.2, -0.15) is 0 Å². The predicted molar refractivity (Wildman–Crippen MR) is 127 cm³/mol. The van der Waals surface area contributed by atoms with Crippen LogP contribution in [-0.4, -0.2) is 76.7 Å². The molecule has 0 aliphatic carbocycles. The van der Waals surface area contributed by atoms with Gasteiger partial charge in [-0.3, -0.25) is 24.8 Å². The van der Waals surface area contributed by atoms with Crippen molar-refractivity contribution in [2.45, 2.75) is 38.4 Å². The summed E-state index contributed by atoms with van der Waals surface area (Å²) in [5, 5.41) is 4.19. The molecule has 0 radical (unpaired) electrons. The van der Waals surface area contributed by atoms with Gasteiger partial charge in [0.15, 0.2) is 0 Å². The highest BCUT2D eigenvalue weighted by molar-refractivity contribution is 6.30. The van der Waals surface area contributed by atoms with Gasteiger partial charge < -0.3 is 4.90 Å². The number of fused-ring (bicyclic) bond motifs is 3. The maximum Gasteiger partial charge on any atom is 0.328 e. The zero-order valence-electron chi connectivity index (χ0n) is 19.0. The van der Waals surface area contributed by atoms with E-state index in [1.54, 1.807) is 24.1 Å². The highest BCUT2D eigenvalue weighted by Gasteiger charge is 2.56. The zero-order valence-corrected chi connectivity index (χ0v) is 19.8. The van der Waals surface area contributed by atoms with Crippen LogP contribution in [0.5, 0.6) is 0 Å². The molecule has 33 heavy (non-hydrogen) atoms. The van der Waals surface area contributed by atoms with Crippen LogP contribution < -0.4 is 5.32 Å². The first-order chi connectivity index (χ1) is 15.9. The van der Waals surface area contributed by atoms with Crippen molar-refractivity contribution in [1.29, 1.82) is 0 Å². The van der Waals surface area contributed by atoms with Gasteiger partial charge in [0.2, 0.25) is 0 Å². The van der Waals surface area contributed by atoms with E-state index in [0.29, 0.717) is 10.9 Å². The van der Waals surface area contributed by atoms with Crippen LogP contribution in [0.25, 0.3) is 0 Å². The number of rotatable bonds is 5. The summed E-state index contributed by atoms with van der Waals surface area (Å²) in [6.45, 7) is 5.11. The number of benzene rings is 2. The van der Waals surface area contributed by atoms with Gasteiger partial charge in [0.1, 0.15) is 18.5 Å². The molecule has 5 rings (SSSR count). The van der Waals surface area contributed by atoms with Crippen LogP contribution in [0.15, 0.2) is 54.6 Å². The number of imide groups is 1. The lowest BCUT2D eigenvalue weighted by Crippen LogP contribution is -2.66. The summed E-state index contributed by atoms with van der Waals surface area (Å²) in [5.41, 5.74) is 2.14. The minimum Gasteiger partial charge on any atom is -0.310 e. The van der Waals surface area contributed by atoms with E-state index >= 15 is 0 Å². The number of halogens is 1. The Hall–Kier alpha value is -2.45. The van der Waals surface area contributed by atoms with Crippen molar-refractivity contribution in [3.05, 3.63) is 70.7 Å². The van der Waals surface area contributed by atoms with E-state index in [1.807, 2.05) is 18.2 Å². The first-order valence-electron chi connectivity index (χ1n) is 11.5. The molecule has 7 nitrogen and oxygen atoms in total. The lowest BCUT2D eigenvalue weighted by atomic mass is 10.0. The van der Waals surface area contributed by atoms with Gasteiger partial charge in [0.25, 0.3) is 5.91 Å². The monoisotopic (exact) mass is 467 g/mol. The molecule has 3 saturated heterocycles. The lowest BCUT2D eigenvalue weighted by molar-refractivity contribution is -0.141. The average Bonchev–Trinajstić information content (AvgIpc) is 3.19. The molecule has 3 aliphatic rings. The second-order valence-electron chi connectivity index (χ2n) is 9.41. The SMILES string of the molecule is CC1CN(CCc2ccccc2)C2NC3C(C(=O)N(Cc4cccc(Cl)c4)C(=O)N3C)N2C1. The Labute approximate surface area is 199 Å². The molecule has 1 N–H and O–H groups in total. The maximum absolute atomic E-state index is 13.6. The van der Waals surface area contributed by atoms with Crippen molar-refractivity contribution in [3.63, 3.8) is 0 Å². The molecule has 3 heterocycles. The molecular formula is C25H30ClN5O2. The molecule has 0 spiro atoms. The summed E-state index contributed by atoms with van der Waals surface area (Å²) in [7, 11) is 1.78. The fourth-order valence-corrected chi connectivity index (χ4v) is 5.59. The molecule has 4 unspecified atom stereocenters. The molecule has 3 aliphatic heterocycles. The highest BCUT2D eigenvalue weighted by atomic mass is 35.5. The maximum atomic E-state index is 13.6. The molecular weight excluding hydrogens is 438 g/mol. The minimum atomic E-state index is -0.404. The Bertz CT molecular complexity index is 1030. The lowest BCUT2D eigenvalue weighted by Gasteiger charge is -2.45. The molecule has 174 valence electrons. The van der Waals surface area contributed by atoms with E-state index in [0.717, 1.165) is 31.6 Å². The fourth-order valence-electron chi connectivity index (χ4n) is 5.38. The third-order valence-corrected chi connectivity index (χ3v) is 7.17. The van der Waals surface area contributed by atoms with Gasteiger partial charge >= 0.3 is 6.03 Å². The van der Waals surface area contributed by atoms with E-state index in [9.17, 15) is 9.59 Å². The second-order valence-corrected chi connectivity index (χ2v) is 9.85. The molecule has 0 saturated carbocycles. The second kappa shape index (κ2) is 9.06. The first kappa shape index (κ1) is 22.3. The number of carbonyl (C=O) groups excluding carboxylic acids is 2. The van der Waals surface area contributed by atoms with Gasteiger partial charge in [0, 0.05) is 31.7 Å². The van der Waals surface area contributed by atoms with Crippen molar-refractivity contribution in [3.8, 4) is 0 Å². The molecule has 8 heteroatoms. The van der Waals surface area contributed by atoms with Gasteiger partial charge in [0.05, 0.1) is 6.54 Å². The number of nitrogens with one attached hydrogen (secondary N) is 1. The molecule has 3 amide bonds. The van der Waals surface area contributed by atoms with Crippen LogP contribution in [0.3, 0.4) is 0 Å². The fraction of sp³-hybridized carbons (Fsp3) is 0.440. The van der Waals surface area contributed by atoms with Crippen LogP contribution in [-0.2, 0) is 17.8 Å². The largest absolute Gasteiger partial charge is 0.328 e. The van der Waals surface area contributed by atoms with E-state index < -0.39 is 6.04 Å². The number of carbonyl (C=O) groups is 2. The van der Waals surface area contributed by atoms with Crippen LogP contribution in [0, 0.1) is 5.92 Å². The molecule has 2 aromatic carbocycles. The summed E-state index contributed by atoms with van der Waals surface area (Å²) in [4.78, 5) is 34.5. The van der Waals surface area contributed by atoms with Crippen molar-refractivity contribution in [2.24, 2.45) is 5.92 Å². The quantitative estimate of drug-likeness (QED) is 0.732. The van der Waals surface area contributed by atoms with Crippen molar-refractivity contribution < 1.29 is 9.59 Å². The van der Waals surface area contributed by atoms with E-state index in [1.165, 1.54) is 10.5 Å². The normalized spacial score (nSPS) is 28.2.